The zero-order valence-corrected chi connectivity index (χ0v) is 16.3. The molecule has 1 heterocycles. The van der Waals surface area contributed by atoms with Gasteiger partial charge in [-0.3, -0.25) is 9.59 Å². The lowest BCUT2D eigenvalue weighted by molar-refractivity contribution is -0.142. The highest BCUT2D eigenvalue weighted by molar-refractivity contribution is 7.99. The Labute approximate surface area is 158 Å². The van der Waals surface area contributed by atoms with Gasteiger partial charge in [0.1, 0.15) is 12.2 Å². The Morgan fingerprint density at radius 2 is 2.04 bits per heavy atom. The van der Waals surface area contributed by atoms with Crippen molar-refractivity contribution in [1.29, 1.82) is 0 Å². The molecule has 9 heteroatoms. The van der Waals surface area contributed by atoms with Crippen LogP contribution in [0.25, 0.3) is 0 Å². The number of hydrogen-bond donors (Lipinski definition) is 1. The fourth-order valence-electron chi connectivity index (χ4n) is 3.05. The second-order valence-electron chi connectivity index (χ2n) is 6.17. The molecule has 146 valence electrons. The molecule has 1 aliphatic rings. The Balaban J connectivity index is 2.05. The van der Waals surface area contributed by atoms with Crippen LogP contribution in [0.4, 0.5) is 0 Å². The molecule has 8 nitrogen and oxygen atoms in total. The smallest absolute Gasteiger partial charge is 0.313 e. The molecule has 0 aliphatic heterocycles. The maximum atomic E-state index is 11.9. The van der Waals surface area contributed by atoms with Crippen molar-refractivity contribution in [1.82, 2.24) is 20.1 Å². The minimum Gasteiger partial charge on any atom is -0.466 e. The van der Waals surface area contributed by atoms with Crippen molar-refractivity contribution in [3.63, 3.8) is 0 Å². The first-order chi connectivity index (χ1) is 12.7. The number of carbonyl (C=O) groups excluding carboxylic acids is 2. The zero-order valence-electron chi connectivity index (χ0n) is 15.5. The standard InChI is InChI=1S/C17H28N4O4S/c1-3-25-16(23)11-14-19-20-17(21(14)13-7-5-4-6-8-13)26-12-15(22)18-9-10-24-2/h13H,3-12H2,1-2H3,(H,18,22). The summed E-state index contributed by atoms with van der Waals surface area (Å²) in [4.78, 5) is 23.8. The third-order valence-corrected chi connectivity index (χ3v) is 5.19. The molecular formula is C17H28N4O4S. The number of methoxy groups -OCH3 is 1. The molecule has 2 rings (SSSR count). The van der Waals surface area contributed by atoms with E-state index in [2.05, 4.69) is 15.5 Å². The average Bonchev–Trinajstić information content (AvgIpc) is 3.03. The van der Waals surface area contributed by atoms with Crippen molar-refractivity contribution in [3.05, 3.63) is 5.82 Å². The highest BCUT2D eigenvalue weighted by atomic mass is 32.2. The summed E-state index contributed by atoms with van der Waals surface area (Å²) in [5.74, 6) is 0.509. The number of hydrogen-bond acceptors (Lipinski definition) is 7. The highest BCUT2D eigenvalue weighted by Crippen LogP contribution is 2.32. The number of nitrogens with zero attached hydrogens (tertiary/aromatic N) is 3. The first kappa shape index (κ1) is 20.7. The number of amides is 1. The monoisotopic (exact) mass is 384 g/mol. The Bertz CT molecular complexity index is 587. The molecule has 0 atom stereocenters. The maximum Gasteiger partial charge on any atom is 0.313 e. The molecule has 1 saturated carbocycles. The van der Waals surface area contributed by atoms with Crippen LogP contribution in [0.5, 0.6) is 0 Å². The second-order valence-corrected chi connectivity index (χ2v) is 7.12. The van der Waals surface area contributed by atoms with E-state index in [1.54, 1.807) is 14.0 Å². The van der Waals surface area contributed by atoms with Crippen LogP contribution in [0.1, 0.15) is 50.9 Å². The molecule has 0 unspecified atom stereocenters. The van der Waals surface area contributed by atoms with Crippen LogP contribution < -0.4 is 5.32 Å². The molecule has 0 bridgehead atoms. The van der Waals surface area contributed by atoms with E-state index in [1.165, 1.54) is 18.2 Å². The van der Waals surface area contributed by atoms with E-state index in [4.69, 9.17) is 9.47 Å². The van der Waals surface area contributed by atoms with Crippen LogP contribution in [0.3, 0.4) is 0 Å². The first-order valence-electron chi connectivity index (χ1n) is 9.13. The van der Waals surface area contributed by atoms with Gasteiger partial charge in [0, 0.05) is 19.7 Å². The van der Waals surface area contributed by atoms with Gasteiger partial charge in [0.2, 0.25) is 5.91 Å². The van der Waals surface area contributed by atoms with Crippen molar-refractivity contribution in [3.8, 4) is 0 Å². The van der Waals surface area contributed by atoms with Crippen molar-refractivity contribution in [2.24, 2.45) is 0 Å². The molecule has 0 radical (unpaired) electrons. The molecule has 0 spiro atoms. The Morgan fingerprint density at radius 3 is 2.73 bits per heavy atom. The van der Waals surface area contributed by atoms with Gasteiger partial charge in [-0.15, -0.1) is 10.2 Å². The number of aromatic nitrogens is 3. The summed E-state index contributed by atoms with van der Waals surface area (Å²) in [6.07, 6.45) is 5.74. The normalized spacial score (nSPS) is 15.0. The predicted octanol–water partition coefficient (Wildman–Crippen LogP) is 1.74. The molecule has 1 fully saturated rings. The highest BCUT2D eigenvalue weighted by Gasteiger charge is 2.24. The summed E-state index contributed by atoms with van der Waals surface area (Å²) in [5, 5.41) is 11.9. The Hall–Kier alpha value is -1.61. The van der Waals surface area contributed by atoms with Gasteiger partial charge < -0.3 is 19.4 Å². The Kier molecular flexibility index (Phi) is 8.90. The molecule has 26 heavy (non-hydrogen) atoms. The minimum absolute atomic E-state index is 0.0720. The van der Waals surface area contributed by atoms with E-state index in [1.807, 2.05) is 4.57 Å². The third-order valence-electron chi connectivity index (χ3n) is 4.24. The van der Waals surface area contributed by atoms with E-state index in [-0.39, 0.29) is 30.1 Å². The largest absolute Gasteiger partial charge is 0.466 e. The van der Waals surface area contributed by atoms with Crippen LogP contribution in [0.2, 0.25) is 0 Å². The van der Waals surface area contributed by atoms with E-state index < -0.39 is 0 Å². The fraction of sp³-hybridized carbons (Fsp3) is 0.765. The van der Waals surface area contributed by atoms with E-state index in [0.29, 0.717) is 30.7 Å². The van der Waals surface area contributed by atoms with E-state index in [9.17, 15) is 9.59 Å². The van der Waals surface area contributed by atoms with Gasteiger partial charge in [-0.25, -0.2) is 0 Å². The van der Waals surface area contributed by atoms with Gasteiger partial charge in [-0.1, -0.05) is 31.0 Å². The van der Waals surface area contributed by atoms with Crippen molar-refractivity contribution < 1.29 is 19.1 Å². The number of nitrogens with one attached hydrogen (secondary N) is 1. The predicted molar refractivity (Wildman–Crippen MR) is 98.1 cm³/mol. The van der Waals surface area contributed by atoms with E-state index in [0.717, 1.165) is 25.7 Å². The van der Waals surface area contributed by atoms with Gasteiger partial charge in [0.25, 0.3) is 0 Å². The number of rotatable bonds is 10. The number of ether oxygens (including phenoxy) is 2. The van der Waals surface area contributed by atoms with Gasteiger partial charge in [0.05, 0.1) is 19.0 Å². The lowest BCUT2D eigenvalue weighted by atomic mass is 9.95. The quantitative estimate of drug-likeness (QED) is 0.373. The summed E-state index contributed by atoms with van der Waals surface area (Å²) in [7, 11) is 1.60. The first-order valence-corrected chi connectivity index (χ1v) is 10.1. The van der Waals surface area contributed by atoms with Crippen LogP contribution in [0, 0.1) is 0 Å². The van der Waals surface area contributed by atoms with Crippen LogP contribution in [0.15, 0.2) is 5.16 Å². The summed E-state index contributed by atoms with van der Waals surface area (Å²) < 4.78 is 12.0. The third kappa shape index (κ3) is 6.28. The van der Waals surface area contributed by atoms with Crippen molar-refractivity contribution in [2.75, 3.05) is 32.6 Å². The lowest BCUT2D eigenvalue weighted by Gasteiger charge is -2.25. The molecular weight excluding hydrogens is 356 g/mol. The molecule has 1 aromatic rings. The SMILES string of the molecule is CCOC(=O)Cc1nnc(SCC(=O)NCCOC)n1C1CCCCC1. The van der Waals surface area contributed by atoms with Crippen LogP contribution in [-0.2, 0) is 25.5 Å². The lowest BCUT2D eigenvalue weighted by Crippen LogP contribution is -2.28. The topological polar surface area (TPSA) is 95.3 Å². The fourth-order valence-corrected chi connectivity index (χ4v) is 3.90. The number of thioether (sulfide) groups is 1. The number of carbonyl (C=O) groups is 2. The van der Waals surface area contributed by atoms with E-state index >= 15 is 0 Å². The maximum absolute atomic E-state index is 11.9. The molecule has 0 saturated heterocycles. The van der Waals surface area contributed by atoms with Gasteiger partial charge >= 0.3 is 5.97 Å². The summed E-state index contributed by atoms with van der Waals surface area (Å²) in [6, 6.07) is 0.280. The average molecular weight is 385 g/mol. The molecule has 1 amide bonds. The minimum atomic E-state index is -0.300. The molecule has 1 aliphatic carbocycles. The van der Waals surface area contributed by atoms with Gasteiger partial charge in [-0.05, 0) is 19.8 Å². The zero-order chi connectivity index (χ0) is 18.8. The van der Waals surface area contributed by atoms with Gasteiger partial charge in [0.15, 0.2) is 5.16 Å². The number of esters is 1. The Morgan fingerprint density at radius 1 is 1.27 bits per heavy atom. The summed E-state index contributed by atoms with van der Waals surface area (Å²) >= 11 is 1.35. The van der Waals surface area contributed by atoms with Crippen LogP contribution in [-0.4, -0.2) is 59.3 Å². The summed E-state index contributed by atoms with van der Waals surface area (Å²) in [6.45, 7) is 3.10. The molecule has 0 aromatic carbocycles. The second kappa shape index (κ2) is 11.2. The van der Waals surface area contributed by atoms with Gasteiger partial charge in [-0.2, -0.15) is 0 Å². The van der Waals surface area contributed by atoms with Crippen molar-refractivity contribution >= 4 is 23.6 Å². The summed E-state index contributed by atoms with van der Waals surface area (Å²) in [5.41, 5.74) is 0. The molecule has 1 aromatic heterocycles. The van der Waals surface area contributed by atoms with Crippen molar-refractivity contribution in [2.45, 2.75) is 56.6 Å². The molecule has 1 N–H and O–H groups in total. The van der Waals surface area contributed by atoms with Crippen LogP contribution >= 0.6 is 11.8 Å².